The number of anilines is 1. The van der Waals surface area contributed by atoms with Crippen LogP contribution in [0.4, 0.5) is 10.1 Å². The van der Waals surface area contributed by atoms with E-state index in [9.17, 15) is 9.18 Å². The van der Waals surface area contributed by atoms with E-state index in [1.54, 1.807) is 19.1 Å². The molecule has 2 aromatic carbocycles. The Morgan fingerprint density at radius 3 is 2.37 bits per heavy atom. The minimum absolute atomic E-state index is 0.00203. The van der Waals surface area contributed by atoms with Gasteiger partial charge in [-0.15, -0.1) is 5.10 Å². The summed E-state index contributed by atoms with van der Waals surface area (Å²) in [7, 11) is 0. The average Bonchev–Trinajstić information content (AvgIpc) is 3.29. The molecule has 30 heavy (non-hydrogen) atoms. The molecule has 1 amide bonds. The standard InChI is InChI=1S/C21H18ClFN6O/c1-12-4-5-13(2)28(12)15-6-8-18(22)17(10-15)21(30)24-20-11-16(7-9-19(20)23)29-14(3)25-26-27-29/h4-11H,1-3H3,(H,24,30). The molecular formula is C21H18ClFN6O. The molecule has 0 aliphatic rings. The maximum Gasteiger partial charge on any atom is 0.257 e. The highest BCUT2D eigenvalue weighted by Gasteiger charge is 2.16. The van der Waals surface area contributed by atoms with Gasteiger partial charge in [0.1, 0.15) is 5.82 Å². The third kappa shape index (κ3) is 3.57. The highest BCUT2D eigenvalue weighted by Crippen LogP contribution is 2.25. The van der Waals surface area contributed by atoms with Crippen LogP contribution in [0, 0.1) is 26.6 Å². The number of amides is 1. The van der Waals surface area contributed by atoms with Gasteiger partial charge < -0.3 is 9.88 Å². The molecule has 0 saturated heterocycles. The zero-order valence-electron chi connectivity index (χ0n) is 16.5. The molecule has 2 heterocycles. The number of benzene rings is 2. The molecule has 0 radical (unpaired) electrons. The number of hydrogen-bond acceptors (Lipinski definition) is 4. The van der Waals surface area contributed by atoms with E-state index in [4.69, 9.17) is 11.6 Å². The van der Waals surface area contributed by atoms with Gasteiger partial charge in [-0.3, -0.25) is 4.79 Å². The summed E-state index contributed by atoms with van der Waals surface area (Å²) in [6, 6.07) is 13.4. The Morgan fingerprint density at radius 1 is 1.00 bits per heavy atom. The van der Waals surface area contributed by atoms with Crippen LogP contribution in [-0.4, -0.2) is 30.7 Å². The van der Waals surface area contributed by atoms with Gasteiger partial charge >= 0.3 is 0 Å². The van der Waals surface area contributed by atoms with E-state index >= 15 is 0 Å². The fraction of sp³-hybridized carbons (Fsp3) is 0.143. The molecule has 0 aliphatic heterocycles. The Morgan fingerprint density at radius 2 is 1.70 bits per heavy atom. The summed E-state index contributed by atoms with van der Waals surface area (Å²) < 4.78 is 17.8. The van der Waals surface area contributed by atoms with Crippen molar-refractivity contribution >= 4 is 23.2 Å². The van der Waals surface area contributed by atoms with Crippen molar-refractivity contribution in [1.82, 2.24) is 24.8 Å². The van der Waals surface area contributed by atoms with E-state index in [0.717, 1.165) is 17.1 Å². The fourth-order valence-corrected chi connectivity index (χ4v) is 3.51. The lowest BCUT2D eigenvalue weighted by Crippen LogP contribution is -2.15. The number of nitrogens with one attached hydrogen (secondary N) is 1. The molecular weight excluding hydrogens is 407 g/mol. The Bertz CT molecular complexity index is 1240. The van der Waals surface area contributed by atoms with Gasteiger partial charge in [-0.05, 0) is 79.7 Å². The Kier molecular flexibility index (Phi) is 5.09. The molecule has 0 atom stereocenters. The largest absolute Gasteiger partial charge is 0.319 e. The first kappa shape index (κ1) is 19.8. The molecule has 0 spiro atoms. The molecule has 9 heteroatoms. The molecule has 0 bridgehead atoms. The summed E-state index contributed by atoms with van der Waals surface area (Å²) in [6.07, 6.45) is 0. The van der Waals surface area contributed by atoms with Gasteiger partial charge in [0.05, 0.1) is 22.0 Å². The number of halogens is 2. The normalized spacial score (nSPS) is 11.0. The third-order valence-corrected chi connectivity index (χ3v) is 5.12. The van der Waals surface area contributed by atoms with E-state index in [2.05, 4.69) is 20.8 Å². The van der Waals surface area contributed by atoms with Gasteiger partial charge in [0.2, 0.25) is 0 Å². The smallest absolute Gasteiger partial charge is 0.257 e. The van der Waals surface area contributed by atoms with Crippen LogP contribution in [-0.2, 0) is 0 Å². The predicted molar refractivity (Wildman–Crippen MR) is 112 cm³/mol. The maximum atomic E-state index is 14.4. The molecule has 7 nitrogen and oxygen atoms in total. The summed E-state index contributed by atoms with van der Waals surface area (Å²) >= 11 is 6.28. The Hall–Kier alpha value is -3.52. The minimum atomic E-state index is -0.581. The third-order valence-electron chi connectivity index (χ3n) is 4.79. The van der Waals surface area contributed by atoms with Crippen LogP contribution >= 0.6 is 11.6 Å². The molecule has 0 saturated carbocycles. The number of rotatable bonds is 4. The monoisotopic (exact) mass is 424 g/mol. The molecule has 0 fully saturated rings. The number of nitrogens with zero attached hydrogens (tertiary/aromatic N) is 5. The van der Waals surface area contributed by atoms with E-state index < -0.39 is 11.7 Å². The van der Waals surface area contributed by atoms with Crippen molar-refractivity contribution in [2.75, 3.05) is 5.32 Å². The second-order valence-corrected chi connectivity index (χ2v) is 7.28. The SMILES string of the molecule is Cc1nnnn1-c1ccc(F)c(NC(=O)c2cc(-n3c(C)ccc3C)ccc2Cl)c1. The molecule has 4 rings (SSSR count). The van der Waals surface area contributed by atoms with Crippen LogP contribution in [0.5, 0.6) is 0 Å². The molecule has 1 N–H and O–H groups in total. The lowest BCUT2D eigenvalue weighted by Gasteiger charge is -2.13. The van der Waals surface area contributed by atoms with Gasteiger partial charge in [-0.1, -0.05) is 11.6 Å². The van der Waals surface area contributed by atoms with Crippen molar-refractivity contribution in [2.45, 2.75) is 20.8 Å². The number of tetrazole rings is 1. The van der Waals surface area contributed by atoms with Crippen LogP contribution < -0.4 is 5.32 Å². The molecule has 2 aromatic heterocycles. The number of aryl methyl sites for hydroxylation is 3. The Labute approximate surface area is 177 Å². The van der Waals surface area contributed by atoms with Crippen molar-refractivity contribution in [3.05, 3.63) is 82.1 Å². The van der Waals surface area contributed by atoms with E-state index in [1.165, 1.54) is 22.9 Å². The van der Waals surface area contributed by atoms with Gasteiger partial charge in [0.25, 0.3) is 5.91 Å². The first-order valence-electron chi connectivity index (χ1n) is 9.16. The van der Waals surface area contributed by atoms with Crippen LogP contribution in [0.15, 0.2) is 48.5 Å². The second-order valence-electron chi connectivity index (χ2n) is 6.87. The zero-order chi connectivity index (χ0) is 21.4. The average molecular weight is 425 g/mol. The Balaban J connectivity index is 1.68. The van der Waals surface area contributed by atoms with Gasteiger partial charge in [0, 0.05) is 17.1 Å². The predicted octanol–water partition coefficient (Wildman–Crippen LogP) is 4.42. The summed E-state index contributed by atoms with van der Waals surface area (Å²) in [5.74, 6) is -0.567. The fourth-order valence-electron chi connectivity index (χ4n) is 3.30. The first-order chi connectivity index (χ1) is 14.3. The minimum Gasteiger partial charge on any atom is -0.319 e. The van der Waals surface area contributed by atoms with Gasteiger partial charge in [-0.25, -0.2) is 4.39 Å². The number of aromatic nitrogens is 5. The highest BCUT2D eigenvalue weighted by atomic mass is 35.5. The van der Waals surface area contributed by atoms with E-state index in [-0.39, 0.29) is 16.3 Å². The zero-order valence-corrected chi connectivity index (χ0v) is 17.3. The summed E-state index contributed by atoms with van der Waals surface area (Å²) in [4.78, 5) is 12.9. The molecule has 152 valence electrons. The summed E-state index contributed by atoms with van der Waals surface area (Å²) in [6.45, 7) is 5.67. The molecule has 4 aromatic rings. The van der Waals surface area contributed by atoms with E-state index in [1.807, 2.05) is 36.6 Å². The maximum absolute atomic E-state index is 14.4. The molecule has 0 aliphatic carbocycles. The first-order valence-corrected chi connectivity index (χ1v) is 9.54. The lowest BCUT2D eigenvalue weighted by molar-refractivity contribution is 0.102. The van der Waals surface area contributed by atoms with Crippen molar-refractivity contribution < 1.29 is 9.18 Å². The van der Waals surface area contributed by atoms with Crippen LogP contribution in [0.1, 0.15) is 27.6 Å². The van der Waals surface area contributed by atoms with E-state index in [0.29, 0.717) is 11.5 Å². The van der Waals surface area contributed by atoms with Gasteiger partial charge in [0.15, 0.2) is 5.82 Å². The number of carbonyl (C=O) groups excluding carboxylic acids is 1. The quantitative estimate of drug-likeness (QED) is 0.526. The summed E-state index contributed by atoms with van der Waals surface area (Å²) in [5, 5.41) is 14.1. The lowest BCUT2D eigenvalue weighted by atomic mass is 10.1. The number of carbonyl (C=O) groups is 1. The number of hydrogen-bond donors (Lipinski definition) is 1. The van der Waals surface area contributed by atoms with Gasteiger partial charge in [-0.2, -0.15) is 4.68 Å². The molecule has 0 unspecified atom stereocenters. The van der Waals surface area contributed by atoms with Crippen LogP contribution in [0.3, 0.4) is 0 Å². The highest BCUT2D eigenvalue weighted by molar-refractivity contribution is 6.34. The van der Waals surface area contributed by atoms with Crippen molar-refractivity contribution in [1.29, 1.82) is 0 Å². The van der Waals surface area contributed by atoms with Crippen molar-refractivity contribution in [3.63, 3.8) is 0 Å². The van der Waals surface area contributed by atoms with Crippen LogP contribution in [0.2, 0.25) is 5.02 Å². The summed E-state index contributed by atoms with van der Waals surface area (Å²) in [5.41, 5.74) is 3.61. The second kappa shape index (κ2) is 7.72. The topological polar surface area (TPSA) is 77.6 Å². The van der Waals surface area contributed by atoms with Crippen LogP contribution in [0.25, 0.3) is 11.4 Å². The van der Waals surface area contributed by atoms with Crippen molar-refractivity contribution in [3.8, 4) is 11.4 Å². The van der Waals surface area contributed by atoms with Crippen molar-refractivity contribution in [2.24, 2.45) is 0 Å².